The third kappa shape index (κ3) is 6.26. The molecule has 0 aliphatic heterocycles. The maximum Gasteiger partial charge on any atom is 0.233 e. The van der Waals surface area contributed by atoms with Gasteiger partial charge in [-0.2, -0.15) is 0 Å². The Kier molecular flexibility index (Phi) is 9.01. The highest BCUT2D eigenvalue weighted by molar-refractivity contribution is 6.06. The first-order chi connectivity index (χ1) is 9.38. The van der Waals surface area contributed by atoms with Crippen LogP contribution in [0.3, 0.4) is 0 Å². The molecule has 1 amide bonds. The van der Waals surface area contributed by atoms with Crippen LogP contribution in [-0.4, -0.2) is 23.5 Å². The van der Waals surface area contributed by atoms with Gasteiger partial charge in [-0.15, -0.1) is 0 Å². The molecule has 0 saturated heterocycles. The fourth-order valence-corrected chi connectivity index (χ4v) is 2.00. The molecular formula is C15H31N3O2. The van der Waals surface area contributed by atoms with Crippen LogP contribution in [0, 0.1) is 11.3 Å². The molecule has 118 valence electrons. The van der Waals surface area contributed by atoms with Crippen LogP contribution in [0.5, 0.6) is 0 Å². The number of nitrogens with one attached hydrogen (secondary N) is 1. The predicted molar refractivity (Wildman–Crippen MR) is 82.7 cm³/mol. The molecule has 0 aromatic heterocycles. The van der Waals surface area contributed by atoms with Crippen molar-refractivity contribution < 1.29 is 10.0 Å². The number of oxime groups is 1. The van der Waals surface area contributed by atoms with E-state index in [1.807, 2.05) is 6.92 Å². The molecule has 0 fully saturated rings. The van der Waals surface area contributed by atoms with E-state index in [4.69, 9.17) is 10.9 Å². The van der Waals surface area contributed by atoms with Crippen molar-refractivity contribution in [3.8, 4) is 0 Å². The highest BCUT2D eigenvalue weighted by Crippen LogP contribution is 2.21. The molecule has 0 aromatic carbocycles. The first-order valence-corrected chi connectivity index (χ1v) is 7.64. The van der Waals surface area contributed by atoms with E-state index >= 15 is 0 Å². The lowest BCUT2D eigenvalue weighted by molar-refractivity contribution is -0.127. The molecule has 0 aromatic rings. The van der Waals surface area contributed by atoms with E-state index in [1.54, 1.807) is 6.92 Å². The van der Waals surface area contributed by atoms with Gasteiger partial charge < -0.3 is 16.3 Å². The molecule has 5 nitrogen and oxygen atoms in total. The summed E-state index contributed by atoms with van der Waals surface area (Å²) in [6.45, 7) is 8.66. The van der Waals surface area contributed by atoms with Crippen LogP contribution >= 0.6 is 0 Å². The largest absolute Gasteiger partial charge is 0.409 e. The van der Waals surface area contributed by atoms with Crippen molar-refractivity contribution in [2.24, 2.45) is 22.2 Å². The Bertz CT molecular complexity index is 316. The summed E-state index contributed by atoms with van der Waals surface area (Å²) in [5.74, 6) is 0.563. The van der Waals surface area contributed by atoms with Crippen LogP contribution < -0.4 is 11.1 Å². The minimum absolute atomic E-state index is 0.0329. The summed E-state index contributed by atoms with van der Waals surface area (Å²) >= 11 is 0. The van der Waals surface area contributed by atoms with Crippen LogP contribution in [0.25, 0.3) is 0 Å². The van der Waals surface area contributed by atoms with E-state index in [2.05, 4.69) is 24.3 Å². The zero-order chi connectivity index (χ0) is 15.6. The Morgan fingerprint density at radius 3 is 2.40 bits per heavy atom. The van der Waals surface area contributed by atoms with Gasteiger partial charge >= 0.3 is 0 Å². The van der Waals surface area contributed by atoms with Gasteiger partial charge in [-0.05, 0) is 25.7 Å². The van der Waals surface area contributed by atoms with Crippen molar-refractivity contribution in [2.75, 3.05) is 6.54 Å². The first kappa shape index (κ1) is 18.7. The van der Waals surface area contributed by atoms with E-state index in [1.165, 1.54) is 19.3 Å². The highest BCUT2D eigenvalue weighted by Gasteiger charge is 2.35. The standard InChI is InChI=1S/C15H31N3O2/c1-5-15(4,13(16)18-20)14(19)17-11-9-7-6-8-10-12(2)3/h12,20H,5-11H2,1-4H3,(H2,16,18)(H,17,19). The smallest absolute Gasteiger partial charge is 0.233 e. The Hall–Kier alpha value is -1.26. The van der Waals surface area contributed by atoms with Crippen molar-refractivity contribution in [1.82, 2.24) is 5.32 Å². The number of nitrogens with two attached hydrogens (primary N) is 1. The van der Waals surface area contributed by atoms with E-state index in [0.717, 1.165) is 18.8 Å². The van der Waals surface area contributed by atoms with E-state index in [9.17, 15) is 4.79 Å². The molecule has 0 aliphatic rings. The number of amides is 1. The van der Waals surface area contributed by atoms with Crippen LogP contribution in [0.4, 0.5) is 0 Å². The second kappa shape index (κ2) is 9.61. The fraction of sp³-hybridized carbons (Fsp3) is 0.867. The molecule has 0 heterocycles. The lowest BCUT2D eigenvalue weighted by atomic mass is 9.85. The van der Waals surface area contributed by atoms with Crippen molar-refractivity contribution >= 4 is 11.7 Å². The summed E-state index contributed by atoms with van der Waals surface area (Å²) in [6, 6.07) is 0. The normalized spacial score (nSPS) is 15.2. The third-order valence-corrected chi connectivity index (χ3v) is 3.88. The van der Waals surface area contributed by atoms with Crippen LogP contribution in [-0.2, 0) is 4.79 Å². The topological polar surface area (TPSA) is 87.7 Å². The molecule has 0 spiro atoms. The average molecular weight is 285 g/mol. The molecule has 0 saturated carbocycles. The molecule has 1 atom stereocenters. The number of carbonyl (C=O) groups excluding carboxylic acids is 1. The summed E-state index contributed by atoms with van der Waals surface area (Å²) in [4.78, 5) is 12.1. The number of carbonyl (C=O) groups is 1. The summed E-state index contributed by atoms with van der Waals surface area (Å²) in [7, 11) is 0. The zero-order valence-corrected chi connectivity index (χ0v) is 13.4. The van der Waals surface area contributed by atoms with Crippen molar-refractivity contribution in [2.45, 2.75) is 66.2 Å². The lowest BCUT2D eigenvalue weighted by Crippen LogP contribution is -2.47. The van der Waals surface area contributed by atoms with Gasteiger partial charge in [-0.3, -0.25) is 4.79 Å². The predicted octanol–water partition coefficient (Wildman–Crippen LogP) is 2.87. The van der Waals surface area contributed by atoms with Crippen molar-refractivity contribution in [3.05, 3.63) is 0 Å². The first-order valence-electron chi connectivity index (χ1n) is 7.64. The number of unbranched alkanes of at least 4 members (excludes halogenated alkanes) is 3. The SMILES string of the molecule is CCC(C)(C(=O)NCCCCCCC(C)C)C(N)=NO. The van der Waals surface area contributed by atoms with Gasteiger partial charge in [-0.1, -0.05) is 51.6 Å². The number of hydrogen-bond acceptors (Lipinski definition) is 3. The molecule has 0 radical (unpaired) electrons. The Labute approximate surface area is 123 Å². The quantitative estimate of drug-likeness (QED) is 0.190. The molecule has 5 heteroatoms. The highest BCUT2D eigenvalue weighted by atomic mass is 16.4. The molecular weight excluding hydrogens is 254 g/mol. The number of amidine groups is 1. The maximum absolute atomic E-state index is 12.1. The number of hydrogen-bond donors (Lipinski definition) is 3. The van der Waals surface area contributed by atoms with Gasteiger partial charge in [0, 0.05) is 6.54 Å². The minimum Gasteiger partial charge on any atom is -0.409 e. The minimum atomic E-state index is -0.924. The van der Waals surface area contributed by atoms with Gasteiger partial charge in [0.2, 0.25) is 5.91 Å². The van der Waals surface area contributed by atoms with E-state index in [0.29, 0.717) is 13.0 Å². The van der Waals surface area contributed by atoms with Gasteiger partial charge in [-0.25, -0.2) is 0 Å². The van der Waals surface area contributed by atoms with E-state index < -0.39 is 5.41 Å². The summed E-state index contributed by atoms with van der Waals surface area (Å²) < 4.78 is 0. The summed E-state index contributed by atoms with van der Waals surface area (Å²) in [5.41, 5.74) is 4.68. The molecule has 20 heavy (non-hydrogen) atoms. The van der Waals surface area contributed by atoms with Gasteiger partial charge in [0.05, 0.1) is 0 Å². The van der Waals surface area contributed by atoms with Gasteiger partial charge in [0.15, 0.2) is 5.84 Å². The maximum atomic E-state index is 12.1. The molecule has 0 bridgehead atoms. The van der Waals surface area contributed by atoms with Crippen molar-refractivity contribution in [1.29, 1.82) is 0 Å². The number of rotatable bonds is 10. The Morgan fingerprint density at radius 1 is 1.30 bits per heavy atom. The lowest BCUT2D eigenvalue weighted by Gasteiger charge is -2.25. The van der Waals surface area contributed by atoms with Crippen LogP contribution in [0.1, 0.15) is 66.2 Å². The monoisotopic (exact) mass is 285 g/mol. The second-order valence-corrected chi connectivity index (χ2v) is 6.02. The third-order valence-electron chi connectivity index (χ3n) is 3.88. The average Bonchev–Trinajstić information content (AvgIpc) is 2.43. The van der Waals surface area contributed by atoms with Crippen LogP contribution in [0.2, 0.25) is 0 Å². The Morgan fingerprint density at radius 2 is 1.90 bits per heavy atom. The second-order valence-electron chi connectivity index (χ2n) is 6.02. The Balaban J connectivity index is 3.93. The molecule has 1 unspecified atom stereocenters. The molecule has 0 rings (SSSR count). The van der Waals surface area contributed by atoms with Crippen molar-refractivity contribution in [3.63, 3.8) is 0 Å². The fourth-order valence-electron chi connectivity index (χ4n) is 2.00. The van der Waals surface area contributed by atoms with Gasteiger partial charge in [0.25, 0.3) is 0 Å². The molecule has 4 N–H and O–H groups in total. The summed E-state index contributed by atoms with van der Waals surface area (Å²) in [5, 5.41) is 14.6. The number of nitrogens with zero attached hydrogens (tertiary/aromatic N) is 1. The zero-order valence-electron chi connectivity index (χ0n) is 13.4. The van der Waals surface area contributed by atoms with Gasteiger partial charge in [0.1, 0.15) is 5.41 Å². The molecule has 0 aliphatic carbocycles. The van der Waals surface area contributed by atoms with Crippen LogP contribution in [0.15, 0.2) is 5.16 Å². The van der Waals surface area contributed by atoms with E-state index in [-0.39, 0.29) is 11.7 Å². The summed E-state index contributed by atoms with van der Waals surface area (Å²) in [6.07, 6.45) is 6.33.